The average molecular weight is 409 g/mol. The predicted molar refractivity (Wildman–Crippen MR) is 104 cm³/mol. The van der Waals surface area contributed by atoms with Gasteiger partial charge in [0.2, 0.25) is 10.0 Å². The van der Waals surface area contributed by atoms with Gasteiger partial charge in [0.25, 0.3) is 0 Å². The minimum atomic E-state index is -3.43. The van der Waals surface area contributed by atoms with E-state index >= 15 is 0 Å². The first kappa shape index (κ1) is 20.1. The van der Waals surface area contributed by atoms with Gasteiger partial charge in [0.15, 0.2) is 0 Å². The van der Waals surface area contributed by atoms with Crippen LogP contribution in [0.3, 0.4) is 0 Å². The first-order chi connectivity index (χ1) is 13.3. The molecule has 2 aromatic rings. The Bertz CT molecular complexity index is 982. The van der Waals surface area contributed by atoms with Crippen molar-refractivity contribution in [2.45, 2.75) is 19.9 Å². The number of urea groups is 1. The van der Waals surface area contributed by atoms with Crippen LogP contribution >= 0.6 is 0 Å². The van der Waals surface area contributed by atoms with Crippen LogP contribution in [0.1, 0.15) is 18.9 Å². The molecule has 1 aliphatic rings. The van der Waals surface area contributed by atoms with E-state index in [1.165, 1.54) is 16.7 Å². The van der Waals surface area contributed by atoms with E-state index in [4.69, 9.17) is 0 Å². The molecule has 0 bridgehead atoms. The maximum absolute atomic E-state index is 13.9. The summed E-state index contributed by atoms with van der Waals surface area (Å²) in [5.74, 6) is -1.19. The zero-order valence-corrected chi connectivity index (χ0v) is 16.2. The third-order valence-electron chi connectivity index (χ3n) is 4.49. The standard InChI is InChI=1S/C19H21F2N3O3S/c1-2-28(26,27)22-16-5-3-6-17(12-16)24-10-4-9-23(19(24)25)13-14-11-15(20)7-8-18(14)21/h3,5-8,11-12,22H,2,4,9-10,13H2,1H3. The van der Waals surface area contributed by atoms with Gasteiger partial charge in [0.1, 0.15) is 11.6 Å². The molecule has 2 amide bonds. The van der Waals surface area contributed by atoms with Gasteiger partial charge in [-0.25, -0.2) is 22.0 Å². The highest BCUT2D eigenvalue weighted by Gasteiger charge is 2.27. The third kappa shape index (κ3) is 4.59. The lowest BCUT2D eigenvalue weighted by atomic mass is 10.1. The van der Waals surface area contributed by atoms with Crippen LogP contribution in [0.5, 0.6) is 0 Å². The Kier molecular flexibility index (Phi) is 5.83. The van der Waals surface area contributed by atoms with Crippen LogP contribution in [0.15, 0.2) is 42.5 Å². The minimum Gasteiger partial charge on any atom is -0.320 e. The number of carbonyl (C=O) groups is 1. The number of hydrogen-bond donors (Lipinski definition) is 1. The Morgan fingerprint density at radius 2 is 1.89 bits per heavy atom. The van der Waals surface area contributed by atoms with Crippen LogP contribution in [0.25, 0.3) is 0 Å². The SMILES string of the molecule is CCS(=O)(=O)Nc1cccc(N2CCCN(Cc3cc(F)ccc3F)C2=O)c1. The number of hydrogen-bond acceptors (Lipinski definition) is 3. The zero-order chi connectivity index (χ0) is 20.3. The highest BCUT2D eigenvalue weighted by Crippen LogP contribution is 2.25. The van der Waals surface area contributed by atoms with Crippen molar-refractivity contribution in [2.75, 3.05) is 28.5 Å². The Morgan fingerprint density at radius 1 is 1.11 bits per heavy atom. The molecule has 1 saturated heterocycles. The Balaban J connectivity index is 1.80. The fourth-order valence-corrected chi connectivity index (χ4v) is 3.66. The van der Waals surface area contributed by atoms with Crippen molar-refractivity contribution in [3.63, 3.8) is 0 Å². The number of halogens is 2. The molecule has 0 radical (unpaired) electrons. The molecule has 9 heteroatoms. The lowest BCUT2D eigenvalue weighted by Crippen LogP contribution is -2.49. The van der Waals surface area contributed by atoms with E-state index in [2.05, 4.69) is 4.72 Å². The average Bonchev–Trinajstić information content (AvgIpc) is 2.66. The molecule has 28 heavy (non-hydrogen) atoms. The van der Waals surface area contributed by atoms with Crippen molar-refractivity contribution in [2.24, 2.45) is 0 Å². The van der Waals surface area contributed by atoms with E-state index in [0.717, 1.165) is 18.2 Å². The lowest BCUT2D eigenvalue weighted by molar-refractivity contribution is 0.191. The van der Waals surface area contributed by atoms with E-state index in [9.17, 15) is 22.0 Å². The minimum absolute atomic E-state index is 0.0406. The van der Waals surface area contributed by atoms with Gasteiger partial charge in [-0.1, -0.05) is 6.07 Å². The monoisotopic (exact) mass is 409 g/mol. The van der Waals surface area contributed by atoms with E-state index in [1.807, 2.05) is 0 Å². The summed E-state index contributed by atoms with van der Waals surface area (Å²) >= 11 is 0. The van der Waals surface area contributed by atoms with Crippen molar-refractivity contribution < 1.29 is 22.0 Å². The van der Waals surface area contributed by atoms with Gasteiger partial charge in [-0.05, 0) is 49.7 Å². The summed E-state index contributed by atoms with van der Waals surface area (Å²) in [4.78, 5) is 15.8. The molecule has 0 unspecified atom stereocenters. The second kappa shape index (κ2) is 8.14. The van der Waals surface area contributed by atoms with Crippen LogP contribution in [0, 0.1) is 11.6 Å². The molecule has 150 valence electrons. The highest BCUT2D eigenvalue weighted by molar-refractivity contribution is 7.92. The number of benzene rings is 2. The Labute approximate surface area is 162 Å². The maximum Gasteiger partial charge on any atom is 0.324 e. The molecule has 1 N–H and O–H groups in total. The van der Waals surface area contributed by atoms with E-state index < -0.39 is 21.7 Å². The molecule has 6 nitrogen and oxygen atoms in total. The van der Waals surface area contributed by atoms with Crippen LogP contribution in [0.4, 0.5) is 25.0 Å². The number of sulfonamides is 1. The Hall–Kier alpha value is -2.68. The molecule has 1 heterocycles. The van der Waals surface area contributed by atoms with E-state index in [0.29, 0.717) is 30.9 Å². The second-order valence-corrected chi connectivity index (χ2v) is 8.51. The number of nitrogens with one attached hydrogen (secondary N) is 1. The zero-order valence-electron chi connectivity index (χ0n) is 15.4. The second-order valence-electron chi connectivity index (χ2n) is 6.50. The molecule has 0 atom stereocenters. The summed E-state index contributed by atoms with van der Waals surface area (Å²) in [6.45, 7) is 2.36. The number of nitrogens with zero attached hydrogens (tertiary/aromatic N) is 2. The first-order valence-electron chi connectivity index (χ1n) is 8.90. The normalized spacial score (nSPS) is 15.0. The van der Waals surface area contributed by atoms with Crippen molar-refractivity contribution >= 4 is 27.4 Å². The lowest BCUT2D eigenvalue weighted by Gasteiger charge is -2.36. The smallest absolute Gasteiger partial charge is 0.320 e. The van der Waals surface area contributed by atoms with Gasteiger partial charge in [-0.3, -0.25) is 9.62 Å². The summed E-state index contributed by atoms with van der Waals surface area (Å²) < 4.78 is 53.3. The third-order valence-corrected chi connectivity index (χ3v) is 5.80. The molecule has 0 saturated carbocycles. The van der Waals surface area contributed by atoms with Crippen LogP contribution in [-0.2, 0) is 16.6 Å². The van der Waals surface area contributed by atoms with Crippen molar-refractivity contribution in [1.29, 1.82) is 0 Å². The summed E-state index contributed by atoms with van der Waals surface area (Å²) in [6, 6.07) is 9.36. The van der Waals surface area contributed by atoms with Crippen LogP contribution in [0.2, 0.25) is 0 Å². The molecular formula is C19H21F2N3O3S. The summed E-state index contributed by atoms with van der Waals surface area (Å²) in [5, 5.41) is 0. The summed E-state index contributed by atoms with van der Waals surface area (Å²) in [7, 11) is -3.43. The van der Waals surface area contributed by atoms with Gasteiger partial charge in [-0.15, -0.1) is 0 Å². The van der Waals surface area contributed by atoms with E-state index in [1.54, 1.807) is 24.3 Å². The quantitative estimate of drug-likeness (QED) is 0.793. The first-order valence-corrected chi connectivity index (χ1v) is 10.6. The fourth-order valence-electron chi connectivity index (χ4n) is 3.03. The molecular weight excluding hydrogens is 388 g/mol. The fraction of sp³-hybridized carbons (Fsp3) is 0.316. The number of amides is 2. The van der Waals surface area contributed by atoms with E-state index in [-0.39, 0.29) is 23.9 Å². The van der Waals surface area contributed by atoms with Gasteiger partial charge in [-0.2, -0.15) is 0 Å². The number of rotatable bonds is 6. The van der Waals surface area contributed by atoms with Crippen molar-refractivity contribution in [1.82, 2.24) is 4.90 Å². The molecule has 0 aliphatic carbocycles. The van der Waals surface area contributed by atoms with Gasteiger partial charge in [0.05, 0.1) is 18.0 Å². The van der Waals surface area contributed by atoms with Gasteiger partial charge < -0.3 is 4.90 Å². The molecule has 1 fully saturated rings. The largest absolute Gasteiger partial charge is 0.324 e. The van der Waals surface area contributed by atoms with Gasteiger partial charge >= 0.3 is 6.03 Å². The topological polar surface area (TPSA) is 69.7 Å². The predicted octanol–water partition coefficient (Wildman–Crippen LogP) is 3.56. The molecule has 3 rings (SSSR count). The van der Waals surface area contributed by atoms with Crippen LogP contribution in [-0.4, -0.2) is 38.2 Å². The van der Waals surface area contributed by atoms with Gasteiger partial charge in [0, 0.05) is 24.3 Å². The Morgan fingerprint density at radius 3 is 2.64 bits per heavy atom. The number of anilines is 2. The van der Waals surface area contributed by atoms with Crippen molar-refractivity contribution in [3.8, 4) is 0 Å². The number of carbonyl (C=O) groups excluding carboxylic acids is 1. The molecule has 2 aromatic carbocycles. The molecule has 1 aliphatic heterocycles. The summed E-state index contributed by atoms with van der Waals surface area (Å²) in [6.07, 6.45) is 0.646. The highest BCUT2D eigenvalue weighted by atomic mass is 32.2. The maximum atomic E-state index is 13.9. The molecule has 0 aromatic heterocycles. The summed E-state index contributed by atoms with van der Waals surface area (Å²) in [5.41, 5.74) is 1.01. The van der Waals surface area contributed by atoms with Crippen molar-refractivity contribution in [3.05, 3.63) is 59.7 Å². The molecule has 0 spiro atoms. The van der Waals surface area contributed by atoms with Crippen LogP contribution < -0.4 is 9.62 Å².